The van der Waals surface area contributed by atoms with Gasteiger partial charge in [-0.05, 0) is 35.6 Å². The van der Waals surface area contributed by atoms with Gasteiger partial charge in [0.05, 0.1) is 10.4 Å². The van der Waals surface area contributed by atoms with E-state index < -0.39 is 11.7 Å². The minimum absolute atomic E-state index is 0.372. The van der Waals surface area contributed by atoms with Crippen molar-refractivity contribution in [2.75, 3.05) is 0 Å². The van der Waals surface area contributed by atoms with Crippen LogP contribution in [-0.2, 0) is 19.3 Å². The van der Waals surface area contributed by atoms with E-state index in [1.165, 1.54) is 22.6 Å². The molecule has 3 aromatic rings. The second-order valence-corrected chi connectivity index (χ2v) is 7.38. The third kappa shape index (κ3) is 4.03. The summed E-state index contributed by atoms with van der Waals surface area (Å²) in [6.07, 6.45) is -2.45. The van der Waals surface area contributed by atoms with Gasteiger partial charge in [0.2, 0.25) is 0 Å². The average Bonchev–Trinajstić information content (AvgIpc) is 3.15. The lowest BCUT2D eigenvalue weighted by atomic mass is 10.1. The van der Waals surface area contributed by atoms with Gasteiger partial charge in [-0.2, -0.15) is 13.2 Å². The van der Waals surface area contributed by atoms with E-state index in [0.29, 0.717) is 18.7 Å². The third-order valence-electron chi connectivity index (χ3n) is 3.50. The van der Waals surface area contributed by atoms with E-state index in [-0.39, 0.29) is 0 Å². The van der Waals surface area contributed by atoms with Gasteiger partial charge in [-0.1, -0.05) is 18.2 Å². The second kappa shape index (κ2) is 7.04. The Morgan fingerprint density at radius 2 is 2.00 bits per heavy atom. The molecule has 0 aliphatic carbocycles. The summed E-state index contributed by atoms with van der Waals surface area (Å²) in [6.45, 7) is 2.97. The normalized spacial score (nSPS) is 11.8. The maximum absolute atomic E-state index is 12.7. The van der Waals surface area contributed by atoms with E-state index in [1.54, 1.807) is 28.7 Å². The van der Waals surface area contributed by atoms with Crippen LogP contribution >= 0.6 is 22.7 Å². The molecule has 0 bridgehead atoms. The Hall–Kier alpha value is -1.70. The molecule has 3 rings (SSSR count). The van der Waals surface area contributed by atoms with E-state index in [0.717, 1.165) is 16.0 Å². The van der Waals surface area contributed by atoms with Gasteiger partial charge >= 0.3 is 6.18 Å². The van der Waals surface area contributed by atoms with Crippen molar-refractivity contribution in [3.63, 3.8) is 0 Å². The standard InChI is InChI=1S/C17H15F3N2S2/c1-11-5-6-23-16(11)14-9-22-15(24-14)10-21-8-12-3-2-4-13(7-12)17(18,19)20/h2-7,9,21H,8,10H2,1H3. The van der Waals surface area contributed by atoms with Gasteiger partial charge in [0.15, 0.2) is 0 Å². The summed E-state index contributed by atoms with van der Waals surface area (Å²) in [4.78, 5) is 6.73. The SMILES string of the molecule is Cc1ccsc1-c1cnc(CNCc2cccc(C(F)(F)F)c2)s1. The predicted molar refractivity (Wildman–Crippen MR) is 92.2 cm³/mol. The smallest absolute Gasteiger partial charge is 0.306 e. The highest BCUT2D eigenvalue weighted by Gasteiger charge is 2.30. The van der Waals surface area contributed by atoms with Crippen LogP contribution in [0, 0.1) is 6.92 Å². The van der Waals surface area contributed by atoms with Crippen LogP contribution in [0.15, 0.2) is 41.9 Å². The number of aryl methyl sites for hydroxylation is 1. The lowest BCUT2D eigenvalue weighted by Crippen LogP contribution is -2.13. The molecule has 0 spiro atoms. The van der Waals surface area contributed by atoms with Crippen molar-refractivity contribution in [2.45, 2.75) is 26.2 Å². The molecule has 1 aromatic carbocycles. The summed E-state index contributed by atoms with van der Waals surface area (Å²) < 4.78 is 38.1. The van der Waals surface area contributed by atoms with Crippen LogP contribution in [0.5, 0.6) is 0 Å². The number of nitrogens with zero attached hydrogens (tertiary/aromatic N) is 1. The number of hydrogen-bond acceptors (Lipinski definition) is 4. The lowest BCUT2D eigenvalue weighted by Gasteiger charge is -2.09. The highest BCUT2D eigenvalue weighted by Crippen LogP contribution is 2.33. The molecule has 0 aliphatic rings. The van der Waals surface area contributed by atoms with E-state index >= 15 is 0 Å². The topological polar surface area (TPSA) is 24.9 Å². The largest absolute Gasteiger partial charge is 0.416 e. The molecule has 1 N–H and O–H groups in total. The van der Waals surface area contributed by atoms with Crippen molar-refractivity contribution in [3.8, 4) is 9.75 Å². The summed E-state index contributed by atoms with van der Waals surface area (Å²) in [5.74, 6) is 0. The molecule has 0 aliphatic heterocycles. The van der Waals surface area contributed by atoms with Gasteiger partial charge in [0.25, 0.3) is 0 Å². The van der Waals surface area contributed by atoms with Crippen molar-refractivity contribution in [2.24, 2.45) is 0 Å². The Bertz CT molecular complexity index is 821. The number of aromatic nitrogens is 1. The van der Waals surface area contributed by atoms with Crippen molar-refractivity contribution in [1.29, 1.82) is 0 Å². The fourth-order valence-corrected chi connectivity index (χ4v) is 4.29. The molecule has 0 saturated carbocycles. The van der Waals surface area contributed by atoms with Gasteiger partial charge in [-0.15, -0.1) is 22.7 Å². The number of alkyl halides is 3. The highest BCUT2D eigenvalue weighted by molar-refractivity contribution is 7.21. The Kier molecular flexibility index (Phi) is 5.03. The summed E-state index contributed by atoms with van der Waals surface area (Å²) in [7, 11) is 0. The minimum Gasteiger partial charge on any atom is -0.306 e. The van der Waals surface area contributed by atoms with Gasteiger partial charge in [-0.25, -0.2) is 4.98 Å². The van der Waals surface area contributed by atoms with Crippen LogP contribution in [-0.4, -0.2) is 4.98 Å². The number of hydrogen-bond donors (Lipinski definition) is 1. The van der Waals surface area contributed by atoms with Crippen LogP contribution in [0.3, 0.4) is 0 Å². The van der Waals surface area contributed by atoms with E-state index in [2.05, 4.69) is 28.7 Å². The van der Waals surface area contributed by atoms with E-state index in [9.17, 15) is 13.2 Å². The first-order chi connectivity index (χ1) is 11.4. The fourth-order valence-electron chi connectivity index (χ4n) is 2.29. The zero-order valence-corrected chi connectivity index (χ0v) is 14.5. The number of halogens is 3. The van der Waals surface area contributed by atoms with Gasteiger partial charge in [-0.3, -0.25) is 0 Å². The van der Waals surface area contributed by atoms with E-state index in [1.807, 2.05) is 6.20 Å². The highest BCUT2D eigenvalue weighted by atomic mass is 32.1. The molecular formula is C17H15F3N2S2. The van der Waals surface area contributed by atoms with Crippen molar-refractivity contribution in [3.05, 3.63) is 63.6 Å². The Morgan fingerprint density at radius 1 is 1.17 bits per heavy atom. The molecule has 2 heterocycles. The van der Waals surface area contributed by atoms with Crippen LogP contribution in [0.4, 0.5) is 13.2 Å². The molecule has 24 heavy (non-hydrogen) atoms. The second-order valence-electron chi connectivity index (χ2n) is 5.35. The molecule has 0 unspecified atom stereocenters. The molecule has 0 fully saturated rings. The average molecular weight is 368 g/mol. The van der Waals surface area contributed by atoms with E-state index in [4.69, 9.17) is 0 Å². The van der Waals surface area contributed by atoms with Crippen LogP contribution in [0.2, 0.25) is 0 Å². The van der Waals surface area contributed by atoms with Crippen LogP contribution < -0.4 is 5.32 Å². The Morgan fingerprint density at radius 3 is 2.71 bits per heavy atom. The summed E-state index contributed by atoms with van der Waals surface area (Å²) in [5, 5.41) is 6.13. The molecule has 0 amide bonds. The van der Waals surface area contributed by atoms with Gasteiger partial charge in [0, 0.05) is 24.2 Å². The third-order valence-corrected chi connectivity index (χ3v) is 5.69. The molecule has 7 heteroatoms. The zero-order chi connectivity index (χ0) is 17.2. The number of rotatable bonds is 5. The van der Waals surface area contributed by atoms with Crippen molar-refractivity contribution in [1.82, 2.24) is 10.3 Å². The molecule has 0 atom stereocenters. The predicted octanol–water partition coefficient (Wildman–Crippen LogP) is 5.49. The van der Waals surface area contributed by atoms with Gasteiger partial charge in [0.1, 0.15) is 5.01 Å². The Labute approximate surface area is 146 Å². The Balaban J connectivity index is 1.60. The van der Waals surface area contributed by atoms with Crippen LogP contribution in [0.1, 0.15) is 21.7 Å². The molecule has 0 saturated heterocycles. The summed E-state index contributed by atoms with van der Waals surface area (Å²) in [6, 6.07) is 7.45. The van der Waals surface area contributed by atoms with Crippen LogP contribution in [0.25, 0.3) is 9.75 Å². The van der Waals surface area contributed by atoms with Crippen molar-refractivity contribution < 1.29 is 13.2 Å². The molecular weight excluding hydrogens is 353 g/mol. The fraction of sp³-hybridized carbons (Fsp3) is 0.235. The maximum atomic E-state index is 12.7. The molecule has 0 radical (unpaired) electrons. The summed E-state index contributed by atoms with van der Waals surface area (Å²) >= 11 is 3.29. The first kappa shape index (κ1) is 17.1. The first-order valence-electron chi connectivity index (χ1n) is 7.29. The van der Waals surface area contributed by atoms with Gasteiger partial charge < -0.3 is 5.32 Å². The maximum Gasteiger partial charge on any atom is 0.416 e. The number of thiazole rings is 1. The number of nitrogens with one attached hydrogen (secondary N) is 1. The number of thiophene rings is 1. The number of benzene rings is 1. The molecule has 2 nitrogen and oxygen atoms in total. The van der Waals surface area contributed by atoms with Crippen molar-refractivity contribution >= 4 is 22.7 Å². The minimum atomic E-state index is -4.31. The summed E-state index contributed by atoms with van der Waals surface area (Å²) in [5.41, 5.74) is 1.22. The monoisotopic (exact) mass is 368 g/mol. The molecule has 2 aromatic heterocycles. The quantitative estimate of drug-likeness (QED) is 0.644. The molecule has 126 valence electrons. The lowest BCUT2D eigenvalue weighted by molar-refractivity contribution is -0.137. The zero-order valence-electron chi connectivity index (χ0n) is 12.9. The first-order valence-corrected chi connectivity index (χ1v) is 8.99.